The Balaban J connectivity index is 1.46. The lowest BCUT2D eigenvalue weighted by Crippen LogP contribution is -2.61. The molecule has 15 nitrogen and oxygen atoms in total. The van der Waals surface area contributed by atoms with E-state index in [4.69, 9.17) is 25.8 Å². The van der Waals surface area contributed by atoms with Crippen molar-refractivity contribution in [2.24, 2.45) is 0 Å². The smallest absolute Gasteiger partial charge is 0.335 e. The third kappa shape index (κ3) is 7.95. The summed E-state index contributed by atoms with van der Waals surface area (Å²) < 4.78 is 16.1. The number of aliphatic hydroxyl groups excluding tert-OH is 3. The van der Waals surface area contributed by atoms with E-state index in [1.165, 1.54) is 31.5 Å². The number of hydrogen-bond acceptors (Lipinski definition) is 12. The third-order valence-electron chi connectivity index (χ3n) is 8.03. The van der Waals surface area contributed by atoms with Crippen molar-refractivity contribution in [1.29, 1.82) is 0 Å². The van der Waals surface area contributed by atoms with Crippen molar-refractivity contribution in [3.05, 3.63) is 70.9 Å². The minimum Gasteiger partial charge on any atom is -0.495 e. The molecule has 2 saturated heterocycles. The first kappa shape index (κ1) is 34.8. The molecule has 2 amide bonds. The molecule has 0 spiro atoms. The van der Waals surface area contributed by atoms with Crippen LogP contribution >= 0.6 is 11.6 Å². The number of aliphatic hydroxyl groups is 3. The molecular weight excluding hydrogens is 650 g/mol. The molecule has 16 heteroatoms. The van der Waals surface area contributed by atoms with Gasteiger partial charge in [0.2, 0.25) is 6.29 Å². The highest BCUT2D eigenvalue weighted by atomic mass is 35.5. The van der Waals surface area contributed by atoms with E-state index in [9.17, 15) is 34.8 Å². The summed E-state index contributed by atoms with van der Waals surface area (Å²) in [6, 6.07) is 12.5. The SMILES string of the molecule is COc1ccc(NC(=O)c2cc(Cl)cc(O[C@@H]3O[C@H](C(=O)O)[C@@H](O)[C@H](O)[C@H]3O)c2NC(=O)c2ccc(N3CCCN(C)CC3)cc2)nc1. The number of halogens is 1. The number of aliphatic carboxylic acids is 1. The minimum atomic E-state index is -1.97. The molecule has 3 heterocycles. The highest BCUT2D eigenvalue weighted by Gasteiger charge is 2.48. The summed E-state index contributed by atoms with van der Waals surface area (Å²) in [6.07, 6.45) is -7.29. The Kier molecular flexibility index (Phi) is 11.0. The van der Waals surface area contributed by atoms with Crippen LogP contribution in [-0.2, 0) is 9.53 Å². The molecule has 0 radical (unpaired) electrons. The van der Waals surface area contributed by atoms with E-state index in [0.717, 1.165) is 38.3 Å². The summed E-state index contributed by atoms with van der Waals surface area (Å²) in [4.78, 5) is 47.5. The van der Waals surface area contributed by atoms with Crippen molar-refractivity contribution in [2.45, 2.75) is 37.1 Å². The van der Waals surface area contributed by atoms with Gasteiger partial charge >= 0.3 is 5.97 Å². The van der Waals surface area contributed by atoms with E-state index in [2.05, 4.69) is 32.5 Å². The maximum absolute atomic E-state index is 13.6. The number of carboxylic acids is 1. The Morgan fingerprint density at radius 1 is 0.938 bits per heavy atom. The molecule has 0 saturated carbocycles. The van der Waals surface area contributed by atoms with Crippen LogP contribution < -0.4 is 25.0 Å². The Morgan fingerprint density at radius 2 is 1.69 bits per heavy atom. The van der Waals surface area contributed by atoms with E-state index in [0.29, 0.717) is 5.75 Å². The zero-order valence-corrected chi connectivity index (χ0v) is 26.8. The number of carbonyl (C=O) groups is 3. The Labute approximate surface area is 280 Å². The van der Waals surface area contributed by atoms with Crippen molar-refractivity contribution >= 4 is 46.6 Å². The average Bonchev–Trinajstić information content (AvgIpc) is 3.30. The van der Waals surface area contributed by atoms with Crippen LogP contribution in [0.2, 0.25) is 5.02 Å². The predicted octanol–water partition coefficient (Wildman–Crippen LogP) is 1.66. The fraction of sp³-hybridized carbons (Fsp3) is 0.375. The second kappa shape index (κ2) is 15.1. The van der Waals surface area contributed by atoms with Crippen LogP contribution in [0.3, 0.4) is 0 Å². The molecule has 0 bridgehead atoms. The highest BCUT2D eigenvalue weighted by molar-refractivity contribution is 6.31. The number of anilines is 3. The molecule has 2 aliphatic rings. The molecule has 2 aliphatic heterocycles. The van der Waals surface area contributed by atoms with Crippen molar-refractivity contribution in [3.63, 3.8) is 0 Å². The number of hydrogen-bond donors (Lipinski definition) is 6. The highest BCUT2D eigenvalue weighted by Crippen LogP contribution is 2.36. The number of pyridine rings is 1. The maximum Gasteiger partial charge on any atom is 0.335 e. The lowest BCUT2D eigenvalue weighted by molar-refractivity contribution is -0.271. The van der Waals surface area contributed by atoms with E-state index >= 15 is 0 Å². The molecule has 256 valence electrons. The number of benzene rings is 2. The summed E-state index contributed by atoms with van der Waals surface area (Å²) in [6.45, 7) is 3.60. The number of methoxy groups -OCH3 is 1. The monoisotopic (exact) mass is 685 g/mol. The van der Waals surface area contributed by atoms with Gasteiger partial charge in [0, 0.05) is 42.0 Å². The number of carboxylic acid groups (broad SMARTS) is 1. The van der Waals surface area contributed by atoms with E-state index in [-0.39, 0.29) is 33.4 Å². The van der Waals surface area contributed by atoms with Crippen molar-refractivity contribution in [2.75, 3.05) is 55.9 Å². The van der Waals surface area contributed by atoms with Crippen LogP contribution in [0.1, 0.15) is 27.1 Å². The fourth-order valence-corrected chi connectivity index (χ4v) is 5.54. The summed E-state index contributed by atoms with van der Waals surface area (Å²) in [7, 11) is 3.54. The van der Waals surface area contributed by atoms with Crippen molar-refractivity contribution < 1.29 is 49.0 Å². The van der Waals surface area contributed by atoms with Gasteiger partial charge in [-0.3, -0.25) is 9.59 Å². The van der Waals surface area contributed by atoms with Gasteiger partial charge in [-0.25, -0.2) is 9.78 Å². The van der Waals surface area contributed by atoms with Gasteiger partial charge in [-0.15, -0.1) is 0 Å². The topological polar surface area (TPSA) is 203 Å². The number of carbonyl (C=O) groups excluding carboxylic acids is 2. The van der Waals surface area contributed by atoms with E-state index in [1.807, 2.05) is 12.1 Å². The maximum atomic E-state index is 13.6. The summed E-state index contributed by atoms with van der Waals surface area (Å²) in [5.41, 5.74) is 0.794. The second-order valence-electron chi connectivity index (χ2n) is 11.4. The van der Waals surface area contributed by atoms with Crippen molar-refractivity contribution in [1.82, 2.24) is 9.88 Å². The molecule has 6 N–H and O–H groups in total. The van der Waals surface area contributed by atoms with E-state index in [1.54, 1.807) is 18.2 Å². The Bertz CT molecular complexity index is 1630. The second-order valence-corrected chi connectivity index (χ2v) is 11.8. The Morgan fingerprint density at radius 3 is 2.35 bits per heavy atom. The number of amides is 2. The minimum absolute atomic E-state index is 0.0380. The predicted molar refractivity (Wildman–Crippen MR) is 174 cm³/mol. The zero-order chi connectivity index (χ0) is 34.5. The fourth-order valence-electron chi connectivity index (χ4n) is 5.33. The first-order valence-electron chi connectivity index (χ1n) is 15.0. The van der Waals surface area contributed by atoms with Crippen LogP contribution in [-0.4, -0.2) is 119 Å². The van der Waals surface area contributed by atoms with Crippen LogP contribution in [0, 0.1) is 0 Å². The lowest BCUT2D eigenvalue weighted by Gasteiger charge is -2.38. The molecule has 3 aromatic rings. The largest absolute Gasteiger partial charge is 0.495 e. The number of ether oxygens (including phenoxy) is 3. The molecule has 1 aromatic heterocycles. The molecule has 0 unspecified atom stereocenters. The Hall–Kier alpha value is -4.51. The molecular formula is C32H36ClN5O10. The molecule has 5 atom stereocenters. The van der Waals surface area contributed by atoms with Gasteiger partial charge in [0.25, 0.3) is 11.8 Å². The van der Waals surface area contributed by atoms with Crippen LogP contribution in [0.5, 0.6) is 11.5 Å². The van der Waals surface area contributed by atoms with Gasteiger partial charge in [0.05, 0.1) is 24.6 Å². The van der Waals surface area contributed by atoms with Gasteiger partial charge in [0.15, 0.2) is 6.10 Å². The first-order valence-corrected chi connectivity index (χ1v) is 15.4. The normalized spacial score (nSPS) is 23.1. The number of likely N-dealkylation sites (N-methyl/N-ethyl adjacent to an activating group) is 1. The molecule has 5 rings (SSSR count). The van der Waals surface area contributed by atoms with Gasteiger partial charge in [-0.1, -0.05) is 11.6 Å². The summed E-state index contributed by atoms with van der Waals surface area (Å²) in [5.74, 6) is -2.73. The summed E-state index contributed by atoms with van der Waals surface area (Å²) in [5, 5.41) is 45.7. The first-order chi connectivity index (χ1) is 22.9. The van der Waals surface area contributed by atoms with E-state index < -0.39 is 48.5 Å². The van der Waals surface area contributed by atoms with Gasteiger partial charge in [-0.2, -0.15) is 0 Å². The molecule has 2 aromatic carbocycles. The van der Waals surface area contributed by atoms with Crippen LogP contribution in [0.4, 0.5) is 17.2 Å². The number of rotatable bonds is 9. The molecule has 2 fully saturated rings. The third-order valence-corrected chi connectivity index (χ3v) is 8.25. The average molecular weight is 686 g/mol. The van der Waals surface area contributed by atoms with Crippen molar-refractivity contribution in [3.8, 4) is 11.5 Å². The molecule has 0 aliphatic carbocycles. The van der Waals surface area contributed by atoms with Gasteiger partial charge in [-0.05, 0) is 62.5 Å². The quantitative estimate of drug-likeness (QED) is 0.190. The van der Waals surface area contributed by atoms with Crippen LogP contribution in [0.15, 0.2) is 54.7 Å². The molecule has 48 heavy (non-hydrogen) atoms. The van der Waals surface area contributed by atoms with Gasteiger partial charge in [0.1, 0.15) is 35.6 Å². The van der Waals surface area contributed by atoms with Gasteiger partial charge < -0.3 is 55.1 Å². The number of nitrogens with one attached hydrogen (secondary N) is 2. The summed E-state index contributed by atoms with van der Waals surface area (Å²) >= 11 is 6.36. The van der Waals surface area contributed by atoms with Crippen LogP contribution in [0.25, 0.3) is 0 Å². The zero-order valence-electron chi connectivity index (χ0n) is 26.1. The number of nitrogens with zero attached hydrogens (tertiary/aromatic N) is 3. The lowest BCUT2D eigenvalue weighted by atomic mass is 9.99. The number of aromatic nitrogens is 1. The standard InChI is InChI=1S/C32H36ClN5O10/c1-37-10-3-11-38(13-12-37)19-6-4-17(5-7-19)29(42)36-24-21(30(43)35-23-9-8-20(46-2)16-34-23)14-18(33)15-22(24)47-32-27(41)25(39)26(40)28(48-32)31(44)45/h4-9,14-16,25-28,32,39-41H,3,10-13H2,1-2H3,(H,36,42)(H,44,45)(H,34,35,43)/t25-,26-,27+,28-,32+/m0/s1.